The minimum atomic E-state index is -0.773. The number of esters is 1. The van der Waals surface area contributed by atoms with Gasteiger partial charge >= 0.3 is 11.6 Å². The van der Waals surface area contributed by atoms with Crippen molar-refractivity contribution < 1.29 is 19.1 Å². The van der Waals surface area contributed by atoms with Gasteiger partial charge in [-0.3, -0.25) is 0 Å². The van der Waals surface area contributed by atoms with Crippen molar-refractivity contribution in [1.82, 2.24) is 0 Å². The van der Waals surface area contributed by atoms with Gasteiger partial charge in [-0.15, -0.1) is 0 Å². The molecule has 5 nitrogen and oxygen atoms in total. The molecule has 19 heavy (non-hydrogen) atoms. The van der Waals surface area contributed by atoms with E-state index in [1.807, 2.05) is 0 Å². The third-order valence-corrected chi connectivity index (χ3v) is 4.38. The molecule has 1 aromatic carbocycles. The molecule has 6 heteroatoms. The van der Waals surface area contributed by atoms with E-state index in [-0.39, 0.29) is 16.4 Å². The van der Waals surface area contributed by atoms with Crippen molar-refractivity contribution in [3.05, 3.63) is 34.7 Å². The van der Waals surface area contributed by atoms with Gasteiger partial charge in [0.2, 0.25) is 5.75 Å². The minimum absolute atomic E-state index is 0.0349. The maximum Gasteiger partial charge on any atom is 0.396 e. The number of carbonyl (C=O) groups is 1. The maximum atomic E-state index is 11.9. The summed E-state index contributed by atoms with van der Waals surface area (Å²) in [6.07, 6.45) is 1.69. The van der Waals surface area contributed by atoms with Crippen LogP contribution in [-0.4, -0.2) is 30.2 Å². The lowest BCUT2D eigenvalue weighted by Gasteiger charge is -2.05. The summed E-state index contributed by atoms with van der Waals surface area (Å²) in [5, 5.41) is 10.6. The van der Waals surface area contributed by atoms with Gasteiger partial charge in [-0.2, -0.15) is 0 Å². The topological polar surface area (TPSA) is 76.7 Å². The lowest BCUT2D eigenvalue weighted by Crippen LogP contribution is -2.22. The molecule has 2 rings (SSSR count). The molecule has 0 amide bonds. The Balaban J connectivity index is 2.54. The Labute approximate surface area is 112 Å². The summed E-state index contributed by atoms with van der Waals surface area (Å²) in [5.41, 5.74) is -0.297. The first-order valence-corrected chi connectivity index (χ1v) is 7.29. The van der Waals surface area contributed by atoms with E-state index in [0.717, 1.165) is 0 Å². The fourth-order valence-electron chi connectivity index (χ4n) is 1.73. The van der Waals surface area contributed by atoms with E-state index in [1.54, 1.807) is 30.5 Å². The number of aromatic hydroxyl groups is 1. The second-order valence-corrected chi connectivity index (χ2v) is 5.89. The van der Waals surface area contributed by atoms with Crippen molar-refractivity contribution in [2.45, 2.75) is 4.90 Å². The number of hydrogen-bond acceptors (Lipinski definition) is 5. The Kier molecular flexibility index (Phi) is 3.80. The monoisotopic (exact) mass is 281 g/mol. The summed E-state index contributed by atoms with van der Waals surface area (Å²) < 4.78 is 9.71. The zero-order valence-electron chi connectivity index (χ0n) is 10.5. The molecule has 1 unspecified atom stereocenters. The van der Waals surface area contributed by atoms with Gasteiger partial charge in [0.1, 0.15) is 11.8 Å². The summed E-state index contributed by atoms with van der Waals surface area (Å²) in [5.74, 6) is -0.521. The Hall–Kier alpha value is -1.95. The molecule has 0 radical (unpaired) electrons. The van der Waals surface area contributed by atoms with Crippen molar-refractivity contribution >= 4 is 27.8 Å². The predicted octanol–water partition coefficient (Wildman–Crippen LogP) is 1.28. The molecule has 0 aliphatic rings. The highest BCUT2D eigenvalue weighted by atomic mass is 32.2. The average molecular weight is 281 g/mol. The normalized spacial score (nSPS) is 12.3. The number of rotatable bonds is 3. The Morgan fingerprint density at radius 1 is 1.42 bits per heavy atom. The largest absolute Gasteiger partial charge is 0.503 e. The molecule has 0 fully saturated rings. The van der Waals surface area contributed by atoms with Gasteiger partial charge in [0, 0.05) is 10.9 Å². The Morgan fingerprint density at radius 2 is 2.11 bits per heavy atom. The molecular formula is C13H13O5S+. The second kappa shape index (κ2) is 5.36. The van der Waals surface area contributed by atoms with Gasteiger partial charge in [0.15, 0.2) is 5.75 Å². The average Bonchev–Trinajstić information content (AvgIpc) is 2.38. The number of fused-ring (bicyclic) bond motifs is 1. The van der Waals surface area contributed by atoms with Crippen LogP contribution in [0.15, 0.2) is 38.4 Å². The zero-order valence-corrected chi connectivity index (χ0v) is 11.3. The molecule has 1 atom stereocenters. The molecule has 100 valence electrons. The van der Waals surface area contributed by atoms with Crippen LogP contribution in [0.4, 0.5) is 0 Å². The zero-order chi connectivity index (χ0) is 14.0. The van der Waals surface area contributed by atoms with Crippen molar-refractivity contribution in [3.8, 4) is 5.75 Å². The molecule has 0 aliphatic heterocycles. The summed E-state index contributed by atoms with van der Waals surface area (Å²) in [4.78, 5) is 23.3. The van der Waals surface area contributed by atoms with Crippen LogP contribution in [0.25, 0.3) is 11.0 Å². The van der Waals surface area contributed by atoms with E-state index in [4.69, 9.17) is 4.42 Å². The van der Waals surface area contributed by atoms with Crippen LogP contribution in [0.5, 0.6) is 5.75 Å². The van der Waals surface area contributed by atoms with Crippen LogP contribution in [0.1, 0.15) is 0 Å². The smallest absolute Gasteiger partial charge is 0.396 e. The SMILES string of the molecule is COC(=O)C[S+](C)c1c(O)c2ccccc2oc1=O. The van der Waals surface area contributed by atoms with Crippen LogP contribution in [-0.2, 0) is 20.4 Å². The van der Waals surface area contributed by atoms with Gasteiger partial charge in [0.25, 0.3) is 4.90 Å². The highest BCUT2D eigenvalue weighted by Gasteiger charge is 2.30. The van der Waals surface area contributed by atoms with Crippen molar-refractivity contribution in [2.24, 2.45) is 0 Å². The van der Waals surface area contributed by atoms with E-state index in [0.29, 0.717) is 11.0 Å². The van der Waals surface area contributed by atoms with Crippen LogP contribution in [0.3, 0.4) is 0 Å². The molecule has 1 heterocycles. The standard InChI is InChI=1S/C13H12O5S/c1-17-10(14)7-19(2)12-11(15)8-5-3-4-6-9(8)18-13(12)16/h3-6H,7H2,1-2H3/p+1. The molecule has 0 bridgehead atoms. The summed E-state index contributed by atoms with van der Waals surface area (Å²) >= 11 is 0. The fourth-order valence-corrected chi connectivity index (χ4v) is 3.11. The van der Waals surface area contributed by atoms with Crippen molar-refractivity contribution in [2.75, 3.05) is 19.1 Å². The first-order valence-electron chi connectivity index (χ1n) is 5.48. The quantitative estimate of drug-likeness (QED) is 0.521. The molecule has 2 aromatic rings. The molecule has 0 saturated heterocycles. The molecule has 0 saturated carbocycles. The number of methoxy groups -OCH3 is 1. The van der Waals surface area contributed by atoms with E-state index >= 15 is 0 Å². The molecule has 1 aromatic heterocycles. The summed E-state index contributed by atoms with van der Waals surface area (Å²) in [6, 6.07) is 6.71. The highest BCUT2D eigenvalue weighted by Crippen LogP contribution is 2.29. The predicted molar refractivity (Wildman–Crippen MR) is 72.6 cm³/mol. The first kappa shape index (κ1) is 13.5. The third kappa shape index (κ3) is 2.58. The lowest BCUT2D eigenvalue weighted by molar-refractivity contribution is -0.137. The fraction of sp³-hybridized carbons (Fsp3) is 0.231. The maximum absolute atomic E-state index is 11.9. The molecule has 0 aliphatic carbocycles. The number of para-hydroxylation sites is 1. The van der Waals surface area contributed by atoms with E-state index < -0.39 is 22.5 Å². The van der Waals surface area contributed by atoms with Gasteiger partial charge in [-0.05, 0) is 12.1 Å². The van der Waals surface area contributed by atoms with Crippen LogP contribution >= 0.6 is 0 Å². The van der Waals surface area contributed by atoms with Crippen LogP contribution in [0.2, 0.25) is 0 Å². The highest BCUT2D eigenvalue weighted by molar-refractivity contribution is 7.97. The lowest BCUT2D eigenvalue weighted by atomic mass is 10.2. The molecular weight excluding hydrogens is 268 g/mol. The first-order chi connectivity index (χ1) is 9.04. The number of ether oxygens (including phenoxy) is 1. The van der Waals surface area contributed by atoms with Crippen molar-refractivity contribution in [3.63, 3.8) is 0 Å². The second-order valence-electron chi connectivity index (χ2n) is 3.92. The number of carbonyl (C=O) groups excluding carboxylic acids is 1. The Bertz CT molecular complexity index is 676. The van der Waals surface area contributed by atoms with Gasteiger partial charge < -0.3 is 14.3 Å². The van der Waals surface area contributed by atoms with Gasteiger partial charge in [0.05, 0.1) is 12.5 Å². The molecule has 1 N–H and O–H groups in total. The van der Waals surface area contributed by atoms with Gasteiger partial charge in [-0.1, -0.05) is 12.1 Å². The number of hydrogen-bond donors (Lipinski definition) is 1. The Morgan fingerprint density at radius 3 is 2.79 bits per heavy atom. The van der Waals surface area contributed by atoms with Gasteiger partial charge in [-0.25, -0.2) is 9.59 Å². The summed E-state index contributed by atoms with van der Waals surface area (Å²) in [7, 11) is 0.507. The van der Waals surface area contributed by atoms with Crippen molar-refractivity contribution in [1.29, 1.82) is 0 Å². The van der Waals surface area contributed by atoms with Crippen LogP contribution in [0, 0.1) is 0 Å². The van der Waals surface area contributed by atoms with Crippen LogP contribution < -0.4 is 5.63 Å². The molecule has 0 spiro atoms. The number of benzene rings is 1. The van der Waals surface area contributed by atoms with E-state index in [2.05, 4.69) is 4.74 Å². The van der Waals surface area contributed by atoms with E-state index in [9.17, 15) is 14.7 Å². The third-order valence-electron chi connectivity index (χ3n) is 2.66. The summed E-state index contributed by atoms with van der Waals surface area (Å²) in [6.45, 7) is 0. The van der Waals surface area contributed by atoms with E-state index in [1.165, 1.54) is 7.11 Å². The minimum Gasteiger partial charge on any atom is -0.503 e.